The quantitative estimate of drug-likeness (QED) is 0.724. The van der Waals surface area contributed by atoms with E-state index in [1.165, 1.54) is 0 Å². The molecule has 0 atom stereocenters. The average molecular weight is 230 g/mol. The minimum absolute atomic E-state index is 0.00148. The van der Waals surface area contributed by atoms with E-state index in [1.54, 1.807) is 24.5 Å². The van der Waals surface area contributed by atoms with Gasteiger partial charge in [-0.05, 0) is 24.4 Å². The van der Waals surface area contributed by atoms with Crippen molar-refractivity contribution in [2.75, 3.05) is 0 Å². The van der Waals surface area contributed by atoms with E-state index in [1.807, 2.05) is 6.07 Å². The third-order valence-corrected chi connectivity index (χ3v) is 2.21. The first kappa shape index (κ1) is 10.3. The molecule has 0 amide bonds. The van der Waals surface area contributed by atoms with Gasteiger partial charge >= 0.3 is 0 Å². The maximum absolute atomic E-state index is 11.5. The molecule has 5 nitrogen and oxygen atoms in total. The fourth-order valence-electron chi connectivity index (χ4n) is 1.32. The zero-order valence-corrected chi connectivity index (χ0v) is 8.84. The first-order chi connectivity index (χ1) is 7.72. The number of hydrogen-bond acceptors (Lipinski definition) is 4. The Hall–Kier alpha value is -2.26. The molecular formula is C10H6N4OS. The van der Waals surface area contributed by atoms with Gasteiger partial charge in [-0.3, -0.25) is 14.8 Å². The zero-order chi connectivity index (χ0) is 11.5. The van der Waals surface area contributed by atoms with E-state index in [9.17, 15) is 4.79 Å². The molecule has 2 N–H and O–H groups in total. The van der Waals surface area contributed by atoms with Crippen LogP contribution >= 0.6 is 12.2 Å². The monoisotopic (exact) mass is 230 g/mol. The van der Waals surface area contributed by atoms with E-state index >= 15 is 0 Å². The van der Waals surface area contributed by atoms with Crippen molar-refractivity contribution >= 4 is 12.2 Å². The minimum atomic E-state index is -0.495. The van der Waals surface area contributed by atoms with Crippen molar-refractivity contribution in [1.29, 1.82) is 5.26 Å². The first-order valence-electron chi connectivity index (χ1n) is 4.39. The number of nitrogens with one attached hydrogen (secondary N) is 2. The summed E-state index contributed by atoms with van der Waals surface area (Å²) >= 11 is 4.85. The predicted molar refractivity (Wildman–Crippen MR) is 60.2 cm³/mol. The topological polar surface area (TPSA) is 85.3 Å². The molecule has 2 heterocycles. The molecule has 6 heteroatoms. The van der Waals surface area contributed by atoms with Crippen LogP contribution in [0.3, 0.4) is 0 Å². The number of H-pyrrole nitrogens is 2. The molecule has 0 aromatic carbocycles. The molecule has 2 rings (SSSR count). The molecule has 0 unspecified atom stereocenters. The van der Waals surface area contributed by atoms with Gasteiger partial charge in [-0.1, -0.05) is 0 Å². The number of aromatic nitrogens is 3. The number of nitriles is 1. The molecule has 2 aromatic rings. The Bertz CT molecular complexity index is 666. The lowest BCUT2D eigenvalue weighted by molar-refractivity contribution is 1.08. The predicted octanol–water partition coefficient (Wildman–Crippen LogP) is 1.37. The van der Waals surface area contributed by atoms with Gasteiger partial charge in [-0.2, -0.15) is 5.26 Å². The van der Waals surface area contributed by atoms with Crippen LogP contribution in [0.25, 0.3) is 11.3 Å². The van der Waals surface area contributed by atoms with E-state index in [0.29, 0.717) is 11.3 Å². The molecule has 2 aromatic heterocycles. The second-order valence-electron chi connectivity index (χ2n) is 3.01. The molecule has 0 saturated heterocycles. The highest BCUT2D eigenvalue weighted by molar-refractivity contribution is 7.71. The van der Waals surface area contributed by atoms with Crippen molar-refractivity contribution < 1.29 is 0 Å². The number of aromatic amines is 2. The highest BCUT2D eigenvalue weighted by atomic mass is 32.1. The highest BCUT2D eigenvalue weighted by Crippen LogP contribution is 2.16. The Labute approximate surface area is 95.4 Å². The number of rotatable bonds is 1. The molecule has 0 aliphatic rings. The third kappa shape index (κ3) is 1.76. The number of nitrogens with zero attached hydrogens (tertiary/aromatic N) is 2. The fraction of sp³-hybridized carbons (Fsp3) is 0. The van der Waals surface area contributed by atoms with E-state index in [2.05, 4.69) is 15.0 Å². The van der Waals surface area contributed by atoms with Crippen LogP contribution in [-0.2, 0) is 0 Å². The normalized spacial score (nSPS) is 9.69. The van der Waals surface area contributed by atoms with E-state index in [-0.39, 0.29) is 10.3 Å². The van der Waals surface area contributed by atoms with Crippen molar-refractivity contribution in [3.05, 3.63) is 45.2 Å². The fourth-order valence-corrected chi connectivity index (χ4v) is 1.52. The van der Waals surface area contributed by atoms with Crippen LogP contribution in [-0.4, -0.2) is 15.0 Å². The molecule has 0 spiro atoms. The summed E-state index contributed by atoms with van der Waals surface area (Å²) in [4.78, 5) is 20.5. The lowest BCUT2D eigenvalue weighted by Gasteiger charge is -2.02. The molecule has 0 bridgehead atoms. The van der Waals surface area contributed by atoms with Gasteiger partial charge in [0.05, 0.1) is 5.69 Å². The molecule has 78 valence electrons. The van der Waals surface area contributed by atoms with Crippen molar-refractivity contribution in [3.8, 4) is 17.3 Å². The summed E-state index contributed by atoms with van der Waals surface area (Å²) in [7, 11) is 0. The maximum Gasteiger partial charge on any atom is 0.270 e. The average Bonchev–Trinajstić information content (AvgIpc) is 2.29. The number of hydrogen-bond donors (Lipinski definition) is 2. The Kier molecular flexibility index (Phi) is 2.62. The lowest BCUT2D eigenvalue weighted by Crippen LogP contribution is -2.13. The molecule has 16 heavy (non-hydrogen) atoms. The van der Waals surface area contributed by atoms with E-state index < -0.39 is 5.56 Å². The van der Waals surface area contributed by atoms with Gasteiger partial charge < -0.3 is 4.98 Å². The van der Waals surface area contributed by atoms with Gasteiger partial charge in [0.2, 0.25) is 0 Å². The Morgan fingerprint density at radius 3 is 2.88 bits per heavy atom. The van der Waals surface area contributed by atoms with Crippen LogP contribution in [0.1, 0.15) is 5.56 Å². The summed E-state index contributed by atoms with van der Waals surface area (Å²) in [6.07, 6.45) is 3.16. The smallest absolute Gasteiger partial charge is 0.270 e. The largest absolute Gasteiger partial charge is 0.331 e. The molecular weight excluding hydrogens is 224 g/mol. The van der Waals surface area contributed by atoms with Crippen LogP contribution in [0, 0.1) is 16.1 Å². The SMILES string of the molecule is N#Cc1c(-c2cccnc2)[nH]c(=S)[nH]c1=O. The maximum atomic E-state index is 11.5. The lowest BCUT2D eigenvalue weighted by atomic mass is 10.1. The van der Waals surface area contributed by atoms with Crippen molar-refractivity contribution in [3.63, 3.8) is 0 Å². The summed E-state index contributed by atoms with van der Waals surface area (Å²) in [5.74, 6) is 0. The van der Waals surface area contributed by atoms with Gasteiger partial charge in [0.15, 0.2) is 4.77 Å². The van der Waals surface area contributed by atoms with Gasteiger partial charge in [0, 0.05) is 18.0 Å². The van der Waals surface area contributed by atoms with Gasteiger partial charge in [0.25, 0.3) is 5.56 Å². The summed E-state index contributed by atoms with van der Waals surface area (Å²) in [6, 6.07) is 5.30. The minimum Gasteiger partial charge on any atom is -0.331 e. The van der Waals surface area contributed by atoms with Gasteiger partial charge in [-0.15, -0.1) is 0 Å². The summed E-state index contributed by atoms with van der Waals surface area (Å²) < 4.78 is 0.183. The van der Waals surface area contributed by atoms with Gasteiger partial charge in [-0.25, -0.2) is 0 Å². The van der Waals surface area contributed by atoms with Crippen LogP contribution in [0.15, 0.2) is 29.3 Å². The van der Waals surface area contributed by atoms with Crippen LogP contribution in [0.5, 0.6) is 0 Å². The van der Waals surface area contributed by atoms with E-state index in [0.717, 1.165) is 0 Å². The summed E-state index contributed by atoms with van der Waals surface area (Å²) in [5, 5.41) is 8.91. The summed E-state index contributed by atoms with van der Waals surface area (Å²) in [6.45, 7) is 0. The third-order valence-electron chi connectivity index (χ3n) is 2.00. The van der Waals surface area contributed by atoms with E-state index in [4.69, 9.17) is 17.5 Å². The highest BCUT2D eigenvalue weighted by Gasteiger charge is 2.09. The molecule has 0 aliphatic carbocycles. The Morgan fingerprint density at radius 1 is 1.44 bits per heavy atom. The van der Waals surface area contributed by atoms with Crippen LogP contribution in [0.4, 0.5) is 0 Å². The number of pyridine rings is 1. The summed E-state index contributed by atoms with van der Waals surface area (Å²) in [5.41, 5.74) is 0.548. The standard InChI is InChI=1S/C10H6N4OS/c11-4-7-8(6-2-1-3-12-5-6)13-10(16)14-9(7)15/h1-3,5H,(H2,13,14,15,16). The van der Waals surface area contributed by atoms with Crippen LogP contribution < -0.4 is 5.56 Å². The van der Waals surface area contributed by atoms with Crippen molar-refractivity contribution in [1.82, 2.24) is 15.0 Å². The van der Waals surface area contributed by atoms with Gasteiger partial charge in [0.1, 0.15) is 11.6 Å². The van der Waals surface area contributed by atoms with Crippen molar-refractivity contribution in [2.45, 2.75) is 0 Å². The Balaban J connectivity index is 2.81. The zero-order valence-electron chi connectivity index (χ0n) is 8.02. The Morgan fingerprint density at radius 2 is 2.25 bits per heavy atom. The first-order valence-corrected chi connectivity index (χ1v) is 4.80. The molecule has 0 aliphatic heterocycles. The molecule has 0 fully saturated rings. The molecule has 0 saturated carbocycles. The molecule has 0 radical (unpaired) electrons. The second kappa shape index (κ2) is 4.08. The van der Waals surface area contributed by atoms with Crippen molar-refractivity contribution in [2.24, 2.45) is 0 Å². The van der Waals surface area contributed by atoms with Crippen LogP contribution in [0.2, 0.25) is 0 Å². The second-order valence-corrected chi connectivity index (χ2v) is 3.42.